The van der Waals surface area contributed by atoms with Gasteiger partial charge in [-0.05, 0) is 0 Å². The molecule has 0 N–H and O–H groups in total. The number of ketones is 1. The molecule has 0 aliphatic rings. The average Bonchev–Trinajstić information content (AvgIpc) is 2.41. The van der Waals surface area contributed by atoms with Crippen LogP contribution in [-0.2, 0) is 14.3 Å². The van der Waals surface area contributed by atoms with Crippen LogP contribution in [0.1, 0.15) is 10.4 Å². The summed E-state index contributed by atoms with van der Waals surface area (Å²) in [7, 11) is 5.61. The Bertz CT molecular complexity index is 424. The molecule has 0 radical (unpaired) electrons. The van der Waals surface area contributed by atoms with Gasteiger partial charge in [0.2, 0.25) is 5.78 Å². The van der Waals surface area contributed by atoms with Crippen molar-refractivity contribution in [1.29, 1.82) is 0 Å². The van der Waals surface area contributed by atoms with Crippen LogP contribution in [0, 0.1) is 0 Å². The van der Waals surface area contributed by atoms with Crippen LogP contribution in [0.25, 0.3) is 0 Å². The van der Waals surface area contributed by atoms with E-state index in [1.807, 2.05) is 0 Å². The van der Waals surface area contributed by atoms with E-state index >= 15 is 0 Å². The maximum atomic E-state index is 12.4. The fourth-order valence-corrected chi connectivity index (χ4v) is 1.61. The molecule has 1 amide bonds. The molecule has 1 aromatic rings. The summed E-state index contributed by atoms with van der Waals surface area (Å²) in [5, 5.41) is 0. The van der Waals surface area contributed by atoms with Crippen LogP contribution in [0.3, 0.4) is 0 Å². The van der Waals surface area contributed by atoms with E-state index < -0.39 is 17.5 Å². The van der Waals surface area contributed by atoms with E-state index in [-0.39, 0.29) is 0 Å². The molecule has 5 nitrogen and oxygen atoms in total. The Morgan fingerprint density at radius 2 is 1.56 bits per heavy atom. The molecule has 0 atom stereocenters. The second kappa shape index (κ2) is 5.75. The summed E-state index contributed by atoms with van der Waals surface area (Å²) >= 11 is 0. The summed E-state index contributed by atoms with van der Waals surface area (Å²) in [6, 6.07) is 8.43. The molecule has 0 aromatic heterocycles. The highest BCUT2D eigenvalue weighted by Crippen LogP contribution is 2.20. The Morgan fingerprint density at radius 3 is 1.94 bits per heavy atom. The number of ether oxygens (including phenoxy) is 2. The van der Waals surface area contributed by atoms with Crippen molar-refractivity contribution in [1.82, 2.24) is 4.90 Å². The second-order valence-electron chi connectivity index (χ2n) is 3.92. The first-order chi connectivity index (χ1) is 8.49. The molecule has 0 bridgehead atoms. The first-order valence-electron chi connectivity index (χ1n) is 5.41. The lowest BCUT2D eigenvalue weighted by molar-refractivity contribution is -0.194. The molecule has 0 saturated carbocycles. The lowest BCUT2D eigenvalue weighted by atomic mass is 10.0. The van der Waals surface area contributed by atoms with Gasteiger partial charge in [0.15, 0.2) is 0 Å². The molecule has 1 aromatic carbocycles. The van der Waals surface area contributed by atoms with Crippen LogP contribution < -0.4 is 0 Å². The van der Waals surface area contributed by atoms with E-state index in [0.29, 0.717) is 5.56 Å². The predicted octanol–water partition coefficient (Wildman–Crippen LogP) is 0.947. The minimum Gasteiger partial charge on any atom is -0.344 e. The Morgan fingerprint density at radius 1 is 1.06 bits per heavy atom. The third-order valence-corrected chi connectivity index (χ3v) is 2.60. The molecular formula is C13H17NO4. The highest BCUT2D eigenvalue weighted by molar-refractivity contribution is 6.15. The molecule has 0 aliphatic carbocycles. The molecule has 0 heterocycles. The topological polar surface area (TPSA) is 55.8 Å². The molecule has 0 unspecified atom stereocenters. The monoisotopic (exact) mass is 251 g/mol. The standard InChI is InChI=1S/C13H17NO4/c1-14(2)12(16)13(17-3,18-4)11(15)10-8-6-5-7-9-10/h5-9H,1-4H3. The number of carbonyl (C=O) groups is 2. The zero-order valence-electron chi connectivity index (χ0n) is 11.0. The summed E-state index contributed by atoms with van der Waals surface area (Å²) in [4.78, 5) is 25.7. The SMILES string of the molecule is COC(OC)(C(=O)c1ccccc1)C(=O)N(C)C. The van der Waals surface area contributed by atoms with Gasteiger partial charge in [0.25, 0.3) is 5.91 Å². The van der Waals surface area contributed by atoms with Gasteiger partial charge in [0, 0.05) is 33.9 Å². The van der Waals surface area contributed by atoms with Gasteiger partial charge >= 0.3 is 5.79 Å². The third kappa shape index (κ3) is 2.42. The number of hydrogen-bond donors (Lipinski definition) is 0. The van der Waals surface area contributed by atoms with E-state index in [1.165, 1.54) is 33.2 Å². The summed E-state index contributed by atoms with van der Waals surface area (Å²) in [6.45, 7) is 0. The molecular weight excluding hydrogens is 234 g/mol. The lowest BCUT2D eigenvalue weighted by Crippen LogP contribution is -2.55. The lowest BCUT2D eigenvalue weighted by Gasteiger charge is -2.30. The number of Topliss-reactive ketones (excluding diaryl/α,β-unsaturated/α-hetero) is 1. The van der Waals surface area contributed by atoms with Gasteiger partial charge in [-0.25, -0.2) is 0 Å². The summed E-state index contributed by atoms with van der Waals surface area (Å²) < 4.78 is 10.1. The first-order valence-corrected chi connectivity index (χ1v) is 5.41. The van der Waals surface area contributed by atoms with Crippen molar-refractivity contribution in [3.63, 3.8) is 0 Å². The van der Waals surface area contributed by atoms with Crippen LogP contribution in [0.15, 0.2) is 30.3 Å². The zero-order chi connectivity index (χ0) is 13.8. The number of likely N-dealkylation sites (N-methyl/N-ethyl adjacent to an activating group) is 1. The number of carbonyl (C=O) groups excluding carboxylic acids is 2. The van der Waals surface area contributed by atoms with Gasteiger partial charge in [0.1, 0.15) is 0 Å². The quantitative estimate of drug-likeness (QED) is 0.444. The number of amides is 1. The Balaban J connectivity index is 3.21. The Kier molecular flexibility index (Phi) is 4.58. The average molecular weight is 251 g/mol. The number of methoxy groups -OCH3 is 2. The predicted molar refractivity (Wildman–Crippen MR) is 66.2 cm³/mol. The van der Waals surface area contributed by atoms with E-state index in [4.69, 9.17) is 9.47 Å². The molecule has 98 valence electrons. The largest absolute Gasteiger partial charge is 0.344 e. The van der Waals surface area contributed by atoms with Crippen molar-refractivity contribution in [2.24, 2.45) is 0 Å². The van der Waals surface area contributed by atoms with Crippen molar-refractivity contribution in [3.8, 4) is 0 Å². The van der Waals surface area contributed by atoms with Crippen molar-refractivity contribution >= 4 is 11.7 Å². The van der Waals surface area contributed by atoms with E-state index in [0.717, 1.165) is 0 Å². The van der Waals surface area contributed by atoms with Crippen molar-refractivity contribution in [3.05, 3.63) is 35.9 Å². The highest BCUT2D eigenvalue weighted by atomic mass is 16.7. The molecule has 0 aliphatic heterocycles. The molecule has 0 fully saturated rings. The first kappa shape index (κ1) is 14.3. The van der Waals surface area contributed by atoms with Gasteiger partial charge in [0.05, 0.1) is 0 Å². The van der Waals surface area contributed by atoms with E-state index in [9.17, 15) is 9.59 Å². The fraction of sp³-hybridized carbons (Fsp3) is 0.385. The molecule has 0 saturated heterocycles. The van der Waals surface area contributed by atoms with Gasteiger partial charge < -0.3 is 14.4 Å². The molecule has 18 heavy (non-hydrogen) atoms. The van der Waals surface area contributed by atoms with Gasteiger partial charge in [-0.3, -0.25) is 9.59 Å². The molecule has 1 rings (SSSR count). The molecule has 5 heteroatoms. The zero-order valence-corrected chi connectivity index (χ0v) is 11.0. The third-order valence-electron chi connectivity index (χ3n) is 2.60. The van der Waals surface area contributed by atoms with Crippen LogP contribution in [-0.4, -0.2) is 50.7 Å². The number of hydrogen-bond acceptors (Lipinski definition) is 4. The molecule has 0 spiro atoms. The fourth-order valence-electron chi connectivity index (χ4n) is 1.61. The second-order valence-corrected chi connectivity index (χ2v) is 3.92. The minimum absolute atomic E-state index is 0.358. The smallest absolute Gasteiger partial charge is 0.315 e. The van der Waals surface area contributed by atoms with E-state index in [2.05, 4.69) is 0 Å². The van der Waals surface area contributed by atoms with Crippen LogP contribution in [0.2, 0.25) is 0 Å². The summed E-state index contributed by atoms with van der Waals surface area (Å²) in [5.74, 6) is -3.00. The van der Waals surface area contributed by atoms with Crippen LogP contribution in [0.5, 0.6) is 0 Å². The summed E-state index contributed by atoms with van der Waals surface area (Å²) in [6.07, 6.45) is 0. The minimum atomic E-state index is -1.93. The summed E-state index contributed by atoms with van der Waals surface area (Å²) in [5.41, 5.74) is 0.358. The highest BCUT2D eigenvalue weighted by Gasteiger charge is 2.48. The van der Waals surface area contributed by atoms with E-state index in [1.54, 1.807) is 30.3 Å². The Labute approximate surface area is 106 Å². The maximum absolute atomic E-state index is 12.4. The number of benzene rings is 1. The van der Waals surface area contributed by atoms with Gasteiger partial charge in [-0.15, -0.1) is 0 Å². The van der Waals surface area contributed by atoms with Crippen molar-refractivity contribution in [2.45, 2.75) is 5.79 Å². The van der Waals surface area contributed by atoms with Gasteiger partial charge in [-0.1, -0.05) is 30.3 Å². The van der Waals surface area contributed by atoms with Crippen LogP contribution >= 0.6 is 0 Å². The van der Waals surface area contributed by atoms with Crippen molar-refractivity contribution < 1.29 is 19.1 Å². The Hall–Kier alpha value is -1.72. The maximum Gasteiger partial charge on any atom is 0.315 e. The van der Waals surface area contributed by atoms with Crippen molar-refractivity contribution in [2.75, 3.05) is 28.3 Å². The normalized spacial score (nSPS) is 11.1. The number of rotatable bonds is 5. The van der Waals surface area contributed by atoms with Gasteiger partial charge in [-0.2, -0.15) is 0 Å². The van der Waals surface area contributed by atoms with Crippen LogP contribution in [0.4, 0.5) is 0 Å². The number of nitrogens with zero attached hydrogens (tertiary/aromatic N) is 1.